The van der Waals surface area contributed by atoms with Crippen molar-refractivity contribution >= 4 is 6.09 Å². The SMILES string of the molecule is CCCCCCCCN(CCCCCCCC)OC(=O)N(CCCCCCCC)CCCCCCCC. The Bertz CT molecular complexity index is 426. The van der Waals surface area contributed by atoms with Gasteiger partial charge in [-0.25, -0.2) is 4.79 Å². The normalized spacial score (nSPS) is 11.4. The van der Waals surface area contributed by atoms with Gasteiger partial charge >= 0.3 is 6.09 Å². The van der Waals surface area contributed by atoms with E-state index in [2.05, 4.69) is 27.7 Å². The average Bonchev–Trinajstić information content (AvgIpc) is 2.90. The smallest absolute Gasteiger partial charge is 0.351 e. The summed E-state index contributed by atoms with van der Waals surface area (Å²) in [6.07, 6.45) is 30.2. The molecule has 0 atom stereocenters. The molecule has 222 valence electrons. The highest BCUT2D eigenvalue weighted by molar-refractivity contribution is 5.67. The zero-order chi connectivity index (χ0) is 27.2. The van der Waals surface area contributed by atoms with Crippen LogP contribution >= 0.6 is 0 Å². The molecule has 0 aliphatic heterocycles. The van der Waals surface area contributed by atoms with Gasteiger partial charge in [0, 0.05) is 26.2 Å². The minimum atomic E-state index is -0.0981. The van der Waals surface area contributed by atoms with Crippen molar-refractivity contribution in [2.75, 3.05) is 26.2 Å². The van der Waals surface area contributed by atoms with E-state index in [1.807, 2.05) is 9.96 Å². The number of hydrogen-bond acceptors (Lipinski definition) is 3. The minimum Gasteiger partial charge on any atom is -0.351 e. The van der Waals surface area contributed by atoms with Crippen molar-refractivity contribution in [3.63, 3.8) is 0 Å². The predicted molar refractivity (Wildman–Crippen MR) is 163 cm³/mol. The summed E-state index contributed by atoms with van der Waals surface area (Å²) in [7, 11) is 0. The molecule has 37 heavy (non-hydrogen) atoms. The van der Waals surface area contributed by atoms with Crippen LogP contribution in [-0.2, 0) is 4.84 Å². The summed E-state index contributed by atoms with van der Waals surface area (Å²) in [5.74, 6) is 0. The van der Waals surface area contributed by atoms with Gasteiger partial charge in [-0.3, -0.25) is 0 Å². The number of hydroxylamine groups is 2. The number of nitrogens with zero attached hydrogens (tertiary/aromatic N) is 2. The first-order valence-corrected chi connectivity index (χ1v) is 16.9. The number of amides is 1. The van der Waals surface area contributed by atoms with Crippen molar-refractivity contribution in [2.24, 2.45) is 0 Å². The maximum atomic E-state index is 13.3. The zero-order valence-electron chi connectivity index (χ0n) is 26.0. The Morgan fingerprint density at radius 1 is 0.405 bits per heavy atom. The number of hydrogen-bond donors (Lipinski definition) is 0. The molecule has 0 aromatic heterocycles. The summed E-state index contributed by atoms with van der Waals surface area (Å²) in [5.41, 5.74) is 0. The van der Waals surface area contributed by atoms with E-state index in [1.165, 1.54) is 128 Å². The van der Waals surface area contributed by atoms with Gasteiger partial charge in [0.15, 0.2) is 0 Å². The molecule has 4 nitrogen and oxygen atoms in total. The second-order valence-electron chi connectivity index (χ2n) is 11.3. The molecule has 0 aliphatic rings. The molecule has 0 heterocycles. The van der Waals surface area contributed by atoms with Crippen molar-refractivity contribution < 1.29 is 9.63 Å². The Hall–Kier alpha value is -0.770. The molecule has 0 spiro atoms. The van der Waals surface area contributed by atoms with Gasteiger partial charge in [-0.05, 0) is 25.7 Å². The van der Waals surface area contributed by atoms with Crippen LogP contribution in [0.1, 0.15) is 182 Å². The molecule has 0 aromatic carbocycles. The van der Waals surface area contributed by atoms with Crippen LogP contribution in [0.2, 0.25) is 0 Å². The molecular weight excluding hydrogens is 456 g/mol. The molecule has 0 radical (unpaired) electrons. The fraction of sp³-hybridized carbons (Fsp3) is 0.970. The third-order valence-electron chi connectivity index (χ3n) is 7.55. The lowest BCUT2D eigenvalue weighted by Gasteiger charge is -2.27. The van der Waals surface area contributed by atoms with Crippen molar-refractivity contribution in [3.05, 3.63) is 0 Å². The van der Waals surface area contributed by atoms with Crippen LogP contribution in [-0.4, -0.2) is 42.2 Å². The first-order valence-electron chi connectivity index (χ1n) is 16.9. The molecule has 0 saturated heterocycles. The summed E-state index contributed by atoms with van der Waals surface area (Å²) in [4.78, 5) is 21.4. The molecule has 0 aromatic rings. The maximum absolute atomic E-state index is 13.3. The highest BCUT2D eigenvalue weighted by Gasteiger charge is 2.19. The van der Waals surface area contributed by atoms with E-state index in [0.29, 0.717) is 0 Å². The number of carbonyl (C=O) groups excluding carboxylic acids is 1. The molecule has 0 unspecified atom stereocenters. The molecule has 0 bridgehead atoms. The van der Waals surface area contributed by atoms with Crippen LogP contribution in [0, 0.1) is 0 Å². The molecular formula is C33H68N2O2. The Kier molecular flexibility index (Phi) is 29.2. The largest absolute Gasteiger partial charge is 0.428 e. The summed E-state index contributed by atoms with van der Waals surface area (Å²) in [6.45, 7) is 12.5. The van der Waals surface area contributed by atoms with Crippen molar-refractivity contribution in [2.45, 2.75) is 182 Å². The molecule has 0 rings (SSSR count). The van der Waals surface area contributed by atoms with Gasteiger partial charge in [0.1, 0.15) is 0 Å². The van der Waals surface area contributed by atoms with Crippen LogP contribution in [0.15, 0.2) is 0 Å². The number of unbranched alkanes of at least 4 members (excludes halogenated alkanes) is 20. The Morgan fingerprint density at radius 2 is 0.676 bits per heavy atom. The first kappa shape index (κ1) is 36.2. The van der Waals surface area contributed by atoms with Crippen LogP contribution in [0.25, 0.3) is 0 Å². The van der Waals surface area contributed by atoms with Gasteiger partial charge in [0.25, 0.3) is 0 Å². The summed E-state index contributed by atoms with van der Waals surface area (Å²) < 4.78 is 0. The zero-order valence-corrected chi connectivity index (χ0v) is 26.0. The monoisotopic (exact) mass is 525 g/mol. The summed E-state index contributed by atoms with van der Waals surface area (Å²) in [6, 6.07) is 0. The highest BCUT2D eigenvalue weighted by atomic mass is 16.7. The minimum absolute atomic E-state index is 0.0981. The highest BCUT2D eigenvalue weighted by Crippen LogP contribution is 2.13. The standard InChI is InChI=1S/C33H68N2O2/c1-5-9-13-17-21-25-29-34(30-26-22-18-14-10-6-2)33(36)37-35(31-27-23-19-15-11-7-3)32-28-24-20-16-12-8-4/h5-32H2,1-4H3. The van der Waals surface area contributed by atoms with Gasteiger partial charge in [-0.15, -0.1) is 5.06 Å². The van der Waals surface area contributed by atoms with Gasteiger partial charge in [-0.1, -0.05) is 156 Å². The van der Waals surface area contributed by atoms with Gasteiger partial charge in [0.05, 0.1) is 0 Å². The van der Waals surface area contributed by atoms with E-state index in [-0.39, 0.29) is 6.09 Å². The van der Waals surface area contributed by atoms with E-state index >= 15 is 0 Å². The third kappa shape index (κ3) is 25.3. The molecule has 0 fully saturated rings. The number of rotatable bonds is 29. The van der Waals surface area contributed by atoms with Crippen LogP contribution < -0.4 is 0 Å². The summed E-state index contributed by atoms with van der Waals surface area (Å²) >= 11 is 0. The lowest BCUT2D eigenvalue weighted by Crippen LogP contribution is -2.39. The third-order valence-corrected chi connectivity index (χ3v) is 7.55. The van der Waals surface area contributed by atoms with E-state index in [9.17, 15) is 4.79 Å². The summed E-state index contributed by atoms with van der Waals surface area (Å²) in [5, 5.41) is 2.01. The van der Waals surface area contributed by atoms with Crippen molar-refractivity contribution in [1.82, 2.24) is 9.96 Å². The van der Waals surface area contributed by atoms with E-state index in [1.54, 1.807) is 0 Å². The Balaban J connectivity index is 4.73. The first-order chi connectivity index (χ1) is 18.2. The predicted octanol–water partition coefficient (Wildman–Crippen LogP) is 11.1. The van der Waals surface area contributed by atoms with Gasteiger partial charge in [0.2, 0.25) is 0 Å². The lowest BCUT2D eigenvalue weighted by molar-refractivity contribution is -0.114. The lowest BCUT2D eigenvalue weighted by atomic mass is 10.1. The quantitative estimate of drug-likeness (QED) is 0.0720. The fourth-order valence-electron chi connectivity index (χ4n) is 4.97. The molecule has 4 heteroatoms. The number of carbonyl (C=O) groups is 1. The molecule has 1 amide bonds. The Labute approximate surface area is 233 Å². The van der Waals surface area contributed by atoms with Gasteiger partial charge < -0.3 is 9.74 Å². The van der Waals surface area contributed by atoms with Crippen LogP contribution in [0.4, 0.5) is 4.79 Å². The Morgan fingerprint density at radius 3 is 1.00 bits per heavy atom. The second-order valence-corrected chi connectivity index (χ2v) is 11.3. The fourth-order valence-corrected chi connectivity index (χ4v) is 4.97. The average molecular weight is 525 g/mol. The van der Waals surface area contributed by atoms with E-state index < -0.39 is 0 Å². The molecule has 0 saturated carbocycles. The van der Waals surface area contributed by atoms with Crippen LogP contribution in [0.5, 0.6) is 0 Å². The maximum Gasteiger partial charge on any atom is 0.428 e. The van der Waals surface area contributed by atoms with Crippen LogP contribution in [0.3, 0.4) is 0 Å². The topological polar surface area (TPSA) is 32.8 Å². The van der Waals surface area contributed by atoms with Crippen molar-refractivity contribution in [1.29, 1.82) is 0 Å². The second kappa shape index (κ2) is 29.8. The van der Waals surface area contributed by atoms with Crippen molar-refractivity contribution in [3.8, 4) is 0 Å². The molecule has 0 N–H and O–H groups in total. The van der Waals surface area contributed by atoms with E-state index in [0.717, 1.165) is 51.9 Å². The van der Waals surface area contributed by atoms with E-state index in [4.69, 9.17) is 4.84 Å². The van der Waals surface area contributed by atoms with Gasteiger partial charge in [-0.2, -0.15) is 0 Å². The molecule has 0 aliphatic carbocycles.